The van der Waals surface area contributed by atoms with Gasteiger partial charge in [0.25, 0.3) is 0 Å². The Morgan fingerprint density at radius 3 is 2.55 bits per heavy atom. The first-order valence-corrected chi connectivity index (χ1v) is 8.28. The van der Waals surface area contributed by atoms with Crippen molar-refractivity contribution in [2.45, 2.75) is 43.6 Å². The van der Waals surface area contributed by atoms with E-state index in [-0.39, 0.29) is 11.3 Å². The van der Waals surface area contributed by atoms with Crippen LogP contribution in [0.3, 0.4) is 0 Å². The third kappa shape index (κ3) is 2.63. The molecule has 1 amide bonds. The van der Waals surface area contributed by atoms with Crippen molar-refractivity contribution in [2.24, 2.45) is 0 Å². The summed E-state index contributed by atoms with van der Waals surface area (Å²) in [6.45, 7) is 1.98. The molecule has 0 unspecified atom stereocenters. The fraction of sp³-hybridized carbons (Fsp3) is 0.562. The molecule has 20 heavy (non-hydrogen) atoms. The highest BCUT2D eigenvalue weighted by molar-refractivity contribution is 9.10. The van der Waals surface area contributed by atoms with Crippen LogP contribution in [0.15, 0.2) is 28.7 Å². The molecule has 3 rings (SSSR count). The highest BCUT2D eigenvalue weighted by atomic mass is 79.9. The molecule has 0 aromatic heterocycles. The van der Waals surface area contributed by atoms with Crippen molar-refractivity contribution in [1.29, 1.82) is 0 Å². The van der Waals surface area contributed by atoms with Gasteiger partial charge in [-0.25, -0.2) is 0 Å². The van der Waals surface area contributed by atoms with Crippen LogP contribution < -0.4 is 10.6 Å². The van der Waals surface area contributed by atoms with Crippen LogP contribution in [0.5, 0.6) is 0 Å². The van der Waals surface area contributed by atoms with Crippen LogP contribution >= 0.6 is 15.9 Å². The molecule has 1 heterocycles. The van der Waals surface area contributed by atoms with Gasteiger partial charge in [0, 0.05) is 17.1 Å². The minimum atomic E-state index is -0.280. The Kier molecular flexibility index (Phi) is 4.13. The Hall–Kier alpha value is -0.870. The molecule has 0 radical (unpaired) electrons. The largest absolute Gasteiger partial charge is 0.351 e. The van der Waals surface area contributed by atoms with Gasteiger partial charge in [-0.05, 0) is 49.9 Å². The summed E-state index contributed by atoms with van der Waals surface area (Å²) in [4.78, 5) is 12.8. The lowest BCUT2D eigenvalue weighted by Gasteiger charge is -2.42. The van der Waals surface area contributed by atoms with Crippen LogP contribution in [-0.2, 0) is 10.2 Å². The molecule has 0 spiro atoms. The number of carbonyl (C=O) groups is 1. The lowest BCUT2D eigenvalue weighted by molar-refractivity contribution is -0.130. The molecule has 1 saturated heterocycles. The van der Waals surface area contributed by atoms with Crippen molar-refractivity contribution in [3.8, 4) is 0 Å². The minimum Gasteiger partial charge on any atom is -0.351 e. The second-order valence-corrected chi connectivity index (χ2v) is 6.87. The van der Waals surface area contributed by atoms with E-state index in [0.717, 1.165) is 55.2 Å². The number of rotatable bonds is 3. The summed E-state index contributed by atoms with van der Waals surface area (Å²) in [5.41, 5.74) is 0.881. The average molecular weight is 337 g/mol. The number of carbonyl (C=O) groups excluding carboxylic acids is 1. The fourth-order valence-corrected chi connectivity index (χ4v) is 3.51. The zero-order valence-corrected chi connectivity index (χ0v) is 13.2. The highest BCUT2D eigenvalue weighted by Gasteiger charge is 2.46. The minimum absolute atomic E-state index is 0.222. The van der Waals surface area contributed by atoms with E-state index in [1.807, 2.05) is 12.1 Å². The van der Waals surface area contributed by atoms with Crippen molar-refractivity contribution >= 4 is 21.8 Å². The number of hydrogen-bond donors (Lipinski definition) is 2. The van der Waals surface area contributed by atoms with Gasteiger partial charge in [-0.15, -0.1) is 0 Å². The van der Waals surface area contributed by atoms with Gasteiger partial charge >= 0.3 is 0 Å². The molecule has 2 aliphatic rings. The Balaban J connectivity index is 1.74. The SMILES string of the molecule is O=C(N[C@H]1CCCNC1)C1(c2ccc(Br)cc2)CCC1. The van der Waals surface area contributed by atoms with E-state index in [1.165, 1.54) is 0 Å². The van der Waals surface area contributed by atoms with Gasteiger partial charge in [-0.2, -0.15) is 0 Å². The number of hydrogen-bond acceptors (Lipinski definition) is 2. The van der Waals surface area contributed by atoms with Gasteiger partial charge in [-0.1, -0.05) is 34.5 Å². The van der Waals surface area contributed by atoms with Gasteiger partial charge in [0.1, 0.15) is 0 Å². The predicted molar refractivity (Wildman–Crippen MR) is 83.7 cm³/mol. The Labute approximate surface area is 128 Å². The molecule has 1 aromatic rings. The Bertz CT molecular complexity index is 476. The summed E-state index contributed by atoms with van der Waals surface area (Å²) in [5, 5.41) is 6.62. The summed E-state index contributed by atoms with van der Waals surface area (Å²) in [5.74, 6) is 0.222. The summed E-state index contributed by atoms with van der Waals surface area (Å²) >= 11 is 3.46. The van der Waals surface area contributed by atoms with Crippen LogP contribution in [0, 0.1) is 0 Å². The van der Waals surface area contributed by atoms with Crippen molar-refractivity contribution in [3.05, 3.63) is 34.3 Å². The fourth-order valence-electron chi connectivity index (χ4n) is 3.24. The van der Waals surface area contributed by atoms with Gasteiger partial charge in [0.2, 0.25) is 5.91 Å². The van der Waals surface area contributed by atoms with Crippen molar-refractivity contribution in [2.75, 3.05) is 13.1 Å². The van der Waals surface area contributed by atoms with E-state index < -0.39 is 0 Å². The number of piperidine rings is 1. The molecule has 0 bridgehead atoms. The van der Waals surface area contributed by atoms with Crippen molar-refractivity contribution < 1.29 is 4.79 Å². The first-order chi connectivity index (χ1) is 9.71. The third-order valence-corrected chi connectivity index (χ3v) is 5.20. The molecule has 3 nitrogen and oxygen atoms in total. The van der Waals surface area contributed by atoms with Gasteiger partial charge < -0.3 is 10.6 Å². The molecule has 1 aliphatic heterocycles. The van der Waals surface area contributed by atoms with Crippen molar-refractivity contribution in [1.82, 2.24) is 10.6 Å². The molecular formula is C16H21BrN2O. The van der Waals surface area contributed by atoms with Crippen molar-refractivity contribution in [3.63, 3.8) is 0 Å². The van der Waals surface area contributed by atoms with Crippen LogP contribution in [0.1, 0.15) is 37.7 Å². The molecular weight excluding hydrogens is 316 g/mol. The maximum Gasteiger partial charge on any atom is 0.230 e. The smallest absolute Gasteiger partial charge is 0.230 e. The molecule has 1 aromatic carbocycles. The summed E-state index contributed by atoms with van der Waals surface area (Å²) in [6, 6.07) is 8.53. The zero-order valence-electron chi connectivity index (χ0n) is 11.6. The molecule has 1 saturated carbocycles. The molecule has 1 aliphatic carbocycles. The lowest BCUT2D eigenvalue weighted by Crippen LogP contribution is -2.55. The maximum atomic E-state index is 12.8. The maximum absolute atomic E-state index is 12.8. The number of nitrogens with one attached hydrogen (secondary N) is 2. The first-order valence-electron chi connectivity index (χ1n) is 7.48. The lowest BCUT2D eigenvalue weighted by atomic mass is 9.63. The van der Waals surface area contributed by atoms with Crippen LogP contribution in [-0.4, -0.2) is 25.0 Å². The van der Waals surface area contributed by atoms with E-state index in [0.29, 0.717) is 6.04 Å². The Morgan fingerprint density at radius 1 is 1.25 bits per heavy atom. The molecule has 2 N–H and O–H groups in total. The van der Waals surface area contributed by atoms with E-state index in [2.05, 4.69) is 38.7 Å². The quantitative estimate of drug-likeness (QED) is 0.891. The summed E-state index contributed by atoms with van der Waals surface area (Å²) in [7, 11) is 0. The number of halogens is 1. The van der Waals surface area contributed by atoms with E-state index in [1.54, 1.807) is 0 Å². The normalized spacial score (nSPS) is 24.8. The predicted octanol–water partition coefficient (Wildman–Crippen LogP) is 2.74. The molecule has 1 atom stereocenters. The van der Waals surface area contributed by atoms with E-state index in [9.17, 15) is 4.79 Å². The molecule has 4 heteroatoms. The molecule has 108 valence electrons. The Morgan fingerprint density at radius 2 is 2.00 bits per heavy atom. The average Bonchev–Trinajstić information content (AvgIpc) is 2.41. The second kappa shape index (κ2) is 5.86. The zero-order chi connectivity index (χ0) is 14.0. The van der Waals surface area contributed by atoms with Crippen LogP contribution in [0.2, 0.25) is 0 Å². The second-order valence-electron chi connectivity index (χ2n) is 5.96. The molecule has 2 fully saturated rings. The van der Waals surface area contributed by atoms with Crippen LogP contribution in [0.4, 0.5) is 0 Å². The summed E-state index contributed by atoms with van der Waals surface area (Å²) in [6.07, 6.45) is 5.33. The van der Waals surface area contributed by atoms with E-state index >= 15 is 0 Å². The van der Waals surface area contributed by atoms with Gasteiger partial charge in [0.05, 0.1) is 5.41 Å². The van der Waals surface area contributed by atoms with Gasteiger partial charge in [0.15, 0.2) is 0 Å². The van der Waals surface area contributed by atoms with Crippen LogP contribution in [0.25, 0.3) is 0 Å². The monoisotopic (exact) mass is 336 g/mol. The third-order valence-electron chi connectivity index (χ3n) is 4.67. The first kappa shape index (κ1) is 14.1. The summed E-state index contributed by atoms with van der Waals surface area (Å²) < 4.78 is 1.06. The number of benzene rings is 1. The topological polar surface area (TPSA) is 41.1 Å². The highest BCUT2D eigenvalue weighted by Crippen LogP contribution is 2.44. The van der Waals surface area contributed by atoms with E-state index in [4.69, 9.17) is 0 Å². The van der Waals surface area contributed by atoms with Gasteiger partial charge in [-0.3, -0.25) is 4.79 Å². The number of amides is 1. The standard InChI is InChI=1S/C16H21BrN2O/c17-13-6-4-12(5-7-13)16(8-2-9-16)15(20)19-14-3-1-10-18-11-14/h4-7,14,18H,1-3,8-11H2,(H,19,20)/t14-/m0/s1.